The van der Waals surface area contributed by atoms with Crippen LogP contribution in [-0.4, -0.2) is 29.2 Å². The Kier molecular flexibility index (Phi) is 6.06. The molecule has 7 heteroatoms. The number of nitrogens with zero attached hydrogens (tertiary/aromatic N) is 2. The van der Waals surface area contributed by atoms with Crippen LogP contribution in [0, 0.1) is 0 Å². The Morgan fingerprint density at radius 1 is 0.929 bits per heavy atom. The fraction of sp³-hybridized carbons (Fsp3) is 0.190. The lowest BCUT2D eigenvalue weighted by atomic mass is 10.2. The molecule has 0 bridgehead atoms. The second-order valence-electron chi connectivity index (χ2n) is 6.28. The Balaban J connectivity index is 1.66. The summed E-state index contributed by atoms with van der Waals surface area (Å²) in [5.74, 6) is 1.54. The highest BCUT2D eigenvalue weighted by Crippen LogP contribution is 2.21. The number of hydrogen-bond donors (Lipinski definition) is 2. The third kappa shape index (κ3) is 5.20. The van der Waals surface area contributed by atoms with Gasteiger partial charge < -0.3 is 20.1 Å². The fourth-order valence-electron chi connectivity index (χ4n) is 2.46. The summed E-state index contributed by atoms with van der Waals surface area (Å²) in [5, 5.41) is 6.35. The van der Waals surface area contributed by atoms with Crippen LogP contribution in [-0.2, 0) is 4.74 Å². The van der Waals surface area contributed by atoms with E-state index >= 15 is 0 Å². The van der Waals surface area contributed by atoms with E-state index < -0.39 is 0 Å². The van der Waals surface area contributed by atoms with Gasteiger partial charge >= 0.3 is 5.97 Å². The number of anilines is 4. The lowest BCUT2D eigenvalue weighted by molar-refractivity contribution is 0.0601. The molecule has 0 saturated heterocycles. The molecule has 0 aliphatic carbocycles. The standard InChI is InChI=1S/C21H22N4O3/c1-14(2)28-18-10-8-17(9-11-18)24-21-22-13-12-19(25-21)23-16-6-4-15(5-7-16)20(26)27-3/h4-14H,1-3H3,(H2,22,23,24,25). The number of esters is 1. The number of benzene rings is 2. The van der Waals surface area contributed by atoms with Crippen LogP contribution in [0.25, 0.3) is 0 Å². The molecule has 0 amide bonds. The zero-order valence-corrected chi connectivity index (χ0v) is 16.0. The summed E-state index contributed by atoms with van der Waals surface area (Å²) in [6.45, 7) is 3.98. The van der Waals surface area contributed by atoms with Crippen LogP contribution in [0.2, 0.25) is 0 Å². The van der Waals surface area contributed by atoms with Gasteiger partial charge in [-0.05, 0) is 68.4 Å². The van der Waals surface area contributed by atoms with Crippen molar-refractivity contribution in [2.45, 2.75) is 20.0 Å². The van der Waals surface area contributed by atoms with Gasteiger partial charge in [0.25, 0.3) is 0 Å². The number of carbonyl (C=O) groups is 1. The maximum Gasteiger partial charge on any atom is 0.337 e. The molecule has 0 fully saturated rings. The second-order valence-corrected chi connectivity index (χ2v) is 6.28. The van der Waals surface area contributed by atoms with Crippen molar-refractivity contribution in [2.24, 2.45) is 0 Å². The molecule has 3 aromatic rings. The molecule has 0 radical (unpaired) electrons. The molecule has 1 aromatic heterocycles. The summed E-state index contributed by atoms with van der Waals surface area (Å²) >= 11 is 0. The van der Waals surface area contributed by atoms with E-state index in [0.717, 1.165) is 17.1 Å². The van der Waals surface area contributed by atoms with Crippen LogP contribution >= 0.6 is 0 Å². The third-order valence-corrected chi connectivity index (χ3v) is 3.72. The van der Waals surface area contributed by atoms with Crippen molar-refractivity contribution in [3.63, 3.8) is 0 Å². The van der Waals surface area contributed by atoms with Crippen LogP contribution in [0.3, 0.4) is 0 Å². The van der Waals surface area contributed by atoms with Gasteiger partial charge in [0.05, 0.1) is 18.8 Å². The molecule has 7 nitrogen and oxygen atoms in total. The van der Waals surface area contributed by atoms with E-state index in [1.54, 1.807) is 36.5 Å². The highest BCUT2D eigenvalue weighted by atomic mass is 16.5. The number of nitrogens with one attached hydrogen (secondary N) is 2. The van der Waals surface area contributed by atoms with E-state index in [4.69, 9.17) is 9.47 Å². The molecular weight excluding hydrogens is 356 g/mol. The molecule has 0 spiro atoms. The average Bonchev–Trinajstić information content (AvgIpc) is 2.69. The van der Waals surface area contributed by atoms with Crippen molar-refractivity contribution < 1.29 is 14.3 Å². The first kappa shape index (κ1) is 19.2. The van der Waals surface area contributed by atoms with E-state index in [1.807, 2.05) is 38.1 Å². The van der Waals surface area contributed by atoms with Gasteiger partial charge in [-0.3, -0.25) is 0 Å². The molecule has 1 heterocycles. The van der Waals surface area contributed by atoms with Crippen LogP contribution in [0.4, 0.5) is 23.1 Å². The third-order valence-electron chi connectivity index (χ3n) is 3.72. The van der Waals surface area contributed by atoms with Gasteiger partial charge in [0.15, 0.2) is 0 Å². The van der Waals surface area contributed by atoms with Crippen LogP contribution in [0.5, 0.6) is 5.75 Å². The van der Waals surface area contributed by atoms with Crippen molar-refractivity contribution in [1.82, 2.24) is 9.97 Å². The van der Waals surface area contributed by atoms with Gasteiger partial charge in [-0.1, -0.05) is 0 Å². The van der Waals surface area contributed by atoms with Crippen LogP contribution in [0.1, 0.15) is 24.2 Å². The summed E-state index contributed by atoms with van der Waals surface area (Å²) in [5.41, 5.74) is 2.14. The van der Waals surface area contributed by atoms with Gasteiger partial charge in [0, 0.05) is 17.6 Å². The minimum Gasteiger partial charge on any atom is -0.491 e. The highest BCUT2D eigenvalue weighted by Gasteiger charge is 2.06. The van der Waals surface area contributed by atoms with Gasteiger partial charge in [-0.2, -0.15) is 4.98 Å². The minimum atomic E-state index is -0.370. The quantitative estimate of drug-likeness (QED) is 0.584. The Bertz CT molecular complexity index is 925. The van der Waals surface area contributed by atoms with Crippen LogP contribution < -0.4 is 15.4 Å². The smallest absolute Gasteiger partial charge is 0.337 e. The molecule has 0 unspecified atom stereocenters. The number of hydrogen-bond acceptors (Lipinski definition) is 7. The number of methoxy groups -OCH3 is 1. The molecule has 28 heavy (non-hydrogen) atoms. The summed E-state index contributed by atoms with van der Waals surface area (Å²) in [6.07, 6.45) is 1.79. The van der Waals surface area contributed by atoms with Gasteiger partial charge in [0.1, 0.15) is 11.6 Å². The first-order valence-corrected chi connectivity index (χ1v) is 8.85. The normalized spacial score (nSPS) is 10.4. The zero-order chi connectivity index (χ0) is 19.9. The van der Waals surface area contributed by atoms with Gasteiger partial charge in [-0.15, -0.1) is 0 Å². The van der Waals surface area contributed by atoms with E-state index in [1.165, 1.54) is 7.11 Å². The van der Waals surface area contributed by atoms with E-state index in [0.29, 0.717) is 17.3 Å². The zero-order valence-electron chi connectivity index (χ0n) is 16.0. The summed E-state index contributed by atoms with van der Waals surface area (Å²) in [6, 6.07) is 16.3. The maximum atomic E-state index is 11.5. The monoisotopic (exact) mass is 378 g/mol. The van der Waals surface area contributed by atoms with Crippen molar-refractivity contribution in [2.75, 3.05) is 17.7 Å². The average molecular weight is 378 g/mol. The fourth-order valence-corrected chi connectivity index (χ4v) is 2.46. The molecule has 2 aromatic carbocycles. The van der Waals surface area contributed by atoms with Crippen molar-refractivity contribution in [3.8, 4) is 5.75 Å². The minimum absolute atomic E-state index is 0.131. The second kappa shape index (κ2) is 8.85. The number of ether oxygens (including phenoxy) is 2. The lowest BCUT2D eigenvalue weighted by Gasteiger charge is -2.11. The van der Waals surface area contributed by atoms with E-state index in [2.05, 4.69) is 20.6 Å². The molecule has 0 saturated carbocycles. The summed E-state index contributed by atoms with van der Waals surface area (Å²) in [4.78, 5) is 20.2. The number of aromatic nitrogens is 2. The molecule has 144 valence electrons. The maximum absolute atomic E-state index is 11.5. The first-order chi connectivity index (χ1) is 13.5. The molecule has 0 aliphatic heterocycles. The number of rotatable bonds is 7. The Hall–Kier alpha value is -3.61. The number of carbonyl (C=O) groups excluding carboxylic acids is 1. The Morgan fingerprint density at radius 2 is 1.57 bits per heavy atom. The molecule has 0 atom stereocenters. The molecule has 0 aliphatic rings. The van der Waals surface area contributed by atoms with Crippen LogP contribution in [0.15, 0.2) is 60.8 Å². The van der Waals surface area contributed by atoms with Crippen molar-refractivity contribution in [1.29, 1.82) is 0 Å². The van der Waals surface area contributed by atoms with Gasteiger partial charge in [-0.25, -0.2) is 9.78 Å². The first-order valence-electron chi connectivity index (χ1n) is 8.85. The van der Waals surface area contributed by atoms with Crippen molar-refractivity contribution in [3.05, 3.63) is 66.4 Å². The summed E-state index contributed by atoms with van der Waals surface area (Å²) < 4.78 is 10.3. The SMILES string of the molecule is COC(=O)c1ccc(Nc2ccnc(Nc3ccc(OC(C)C)cc3)n2)cc1. The highest BCUT2D eigenvalue weighted by molar-refractivity contribution is 5.89. The van der Waals surface area contributed by atoms with E-state index in [-0.39, 0.29) is 12.1 Å². The summed E-state index contributed by atoms with van der Waals surface area (Å²) in [7, 11) is 1.36. The molecule has 2 N–H and O–H groups in total. The topological polar surface area (TPSA) is 85.4 Å². The van der Waals surface area contributed by atoms with Crippen molar-refractivity contribution >= 4 is 29.1 Å². The van der Waals surface area contributed by atoms with Gasteiger partial charge in [0.2, 0.25) is 5.95 Å². The predicted octanol–water partition coefficient (Wildman–Crippen LogP) is 4.54. The largest absolute Gasteiger partial charge is 0.491 e. The Morgan fingerprint density at radius 3 is 2.21 bits per heavy atom. The molecule has 3 rings (SSSR count). The lowest BCUT2D eigenvalue weighted by Crippen LogP contribution is -2.05. The molecular formula is C21H22N4O3. The predicted molar refractivity (Wildman–Crippen MR) is 109 cm³/mol. The van der Waals surface area contributed by atoms with E-state index in [9.17, 15) is 4.79 Å². The Labute approximate surface area is 163 Å².